The summed E-state index contributed by atoms with van der Waals surface area (Å²) in [6.45, 7) is 0.391. The summed E-state index contributed by atoms with van der Waals surface area (Å²) in [4.78, 5) is 25.4. The third-order valence-corrected chi connectivity index (χ3v) is 4.85. The van der Waals surface area contributed by atoms with Gasteiger partial charge in [-0.15, -0.1) is 0 Å². The normalized spacial score (nSPS) is 30.5. The lowest BCUT2D eigenvalue weighted by atomic mass is 10.1. The predicted octanol–water partition coefficient (Wildman–Crippen LogP) is -2.05. The second-order valence-corrected chi connectivity index (χ2v) is 6.82. The van der Waals surface area contributed by atoms with E-state index in [-0.39, 0.29) is 23.5 Å². The Morgan fingerprint density at radius 3 is 2.82 bits per heavy atom. The Morgan fingerprint density at radius 2 is 2.11 bits per heavy atom. The molecule has 0 amide bonds. The van der Waals surface area contributed by atoms with E-state index >= 15 is 0 Å². The summed E-state index contributed by atoms with van der Waals surface area (Å²) < 4.78 is 13.2. The fourth-order valence-corrected chi connectivity index (χ4v) is 3.31. The molecule has 5 N–H and O–H groups in total. The van der Waals surface area contributed by atoms with Gasteiger partial charge in [0.1, 0.15) is 35.9 Å². The van der Waals surface area contributed by atoms with Crippen LogP contribution in [0.5, 0.6) is 0 Å². The number of allylic oxidation sites excluding steroid dienone is 1. The first kappa shape index (κ1) is 18.6. The molecule has 1 unspecified atom stereocenters. The van der Waals surface area contributed by atoms with Crippen molar-refractivity contribution in [3.8, 4) is 0 Å². The molecule has 0 aliphatic carbocycles. The van der Waals surface area contributed by atoms with Crippen molar-refractivity contribution < 1.29 is 24.5 Å². The molecule has 150 valence electrons. The molecule has 0 spiro atoms. The zero-order valence-electron chi connectivity index (χ0n) is 15.3. The summed E-state index contributed by atoms with van der Waals surface area (Å²) in [5.41, 5.74) is 6.66. The SMILES string of the molecule is CN(C)C1CNC(C=O)=C([C@H]2O[C@@H](n3cnc4c(N)ncnc43)[C@H](O)[C@@H]2O)O1. The molecule has 0 bridgehead atoms. The lowest BCUT2D eigenvalue weighted by molar-refractivity contribution is -0.108. The molecule has 4 heterocycles. The number of rotatable bonds is 4. The van der Waals surface area contributed by atoms with Crippen LogP contribution in [0.4, 0.5) is 5.82 Å². The molecule has 5 atom stereocenters. The van der Waals surface area contributed by atoms with Crippen LogP contribution >= 0.6 is 0 Å². The highest BCUT2D eigenvalue weighted by molar-refractivity contribution is 5.81. The number of carbonyl (C=O) groups excluding carboxylic acids is 1. The summed E-state index contributed by atoms with van der Waals surface area (Å²) in [5, 5.41) is 24.2. The molecule has 1 fully saturated rings. The lowest BCUT2D eigenvalue weighted by Gasteiger charge is -2.34. The van der Waals surface area contributed by atoms with Gasteiger partial charge in [0, 0.05) is 0 Å². The largest absolute Gasteiger partial charge is 0.472 e. The van der Waals surface area contributed by atoms with E-state index in [0.29, 0.717) is 24.0 Å². The number of imidazole rings is 1. The topological polar surface area (TPSA) is 161 Å². The number of anilines is 1. The molecule has 0 radical (unpaired) electrons. The quantitative estimate of drug-likeness (QED) is 0.424. The minimum atomic E-state index is -1.34. The van der Waals surface area contributed by atoms with Crippen molar-refractivity contribution in [1.82, 2.24) is 29.7 Å². The van der Waals surface area contributed by atoms with Gasteiger partial charge in [0.2, 0.25) is 0 Å². The molecule has 28 heavy (non-hydrogen) atoms. The van der Waals surface area contributed by atoms with Crippen LogP contribution in [-0.2, 0) is 14.3 Å². The second kappa shape index (κ2) is 6.98. The monoisotopic (exact) mass is 391 g/mol. The predicted molar refractivity (Wildman–Crippen MR) is 95.3 cm³/mol. The van der Waals surface area contributed by atoms with Gasteiger partial charge in [0.15, 0.2) is 36.0 Å². The van der Waals surface area contributed by atoms with Crippen molar-refractivity contribution in [2.75, 3.05) is 26.4 Å². The van der Waals surface area contributed by atoms with E-state index in [2.05, 4.69) is 20.3 Å². The third kappa shape index (κ3) is 2.86. The van der Waals surface area contributed by atoms with Crippen LogP contribution in [0, 0.1) is 0 Å². The summed E-state index contributed by atoms with van der Waals surface area (Å²) in [6.07, 6.45) is -1.83. The van der Waals surface area contributed by atoms with E-state index < -0.39 is 24.5 Å². The van der Waals surface area contributed by atoms with Crippen LogP contribution in [0.3, 0.4) is 0 Å². The van der Waals surface area contributed by atoms with E-state index in [1.165, 1.54) is 17.2 Å². The van der Waals surface area contributed by atoms with E-state index in [1.807, 2.05) is 19.0 Å². The highest BCUT2D eigenvalue weighted by Gasteiger charge is 2.48. The molecule has 12 nitrogen and oxygen atoms in total. The number of nitrogen functional groups attached to an aromatic ring is 1. The number of ether oxygens (including phenoxy) is 2. The van der Waals surface area contributed by atoms with Gasteiger partial charge in [0.25, 0.3) is 0 Å². The Balaban J connectivity index is 1.68. The van der Waals surface area contributed by atoms with Gasteiger partial charge in [-0.25, -0.2) is 15.0 Å². The fraction of sp³-hybridized carbons (Fsp3) is 0.500. The van der Waals surface area contributed by atoms with Crippen LogP contribution in [0.2, 0.25) is 0 Å². The van der Waals surface area contributed by atoms with Crippen molar-refractivity contribution in [2.45, 2.75) is 30.8 Å². The summed E-state index contributed by atoms with van der Waals surface area (Å²) in [5.74, 6) is 0.320. The van der Waals surface area contributed by atoms with Gasteiger partial charge in [-0.3, -0.25) is 14.3 Å². The van der Waals surface area contributed by atoms with Gasteiger partial charge in [-0.1, -0.05) is 0 Å². The molecule has 0 aromatic carbocycles. The van der Waals surface area contributed by atoms with Crippen LogP contribution in [0.15, 0.2) is 24.1 Å². The van der Waals surface area contributed by atoms with Gasteiger partial charge < -0.3 is 30.7 Å². The molecule has 4 rings (SSSR count). The molecular weight excluding hydrogens is 370 g/mol. The Kier molecular flexibility index (Phi) is 4.63. The minimum absolute atomic E-state index is 0.132. The zero-order valence-corrected chi connectivity index (χ0v) is 15.3. The average Bonchev–Trinajstić information content (AvgIpc) is 3.24. The number of nitrogens with zero attached hydrogens (tertiary/aromatic N) is 5. The Morgan fingerprint density at radius 1 is 1.32 bits per heavy atom. The first-order chi connectivity index (χ1) is 13.4. The number of aromatic nitrogens is 4. The maximum atomic E-state index is 11.5. The standard InChI is InChI=1S/C16H21N7O5/c1-22(2)8-3-18-7(4-24)12(27-8)13-10(25)11(26)16(28-13)23-6-21-9-14(17)19-5-20-15(9)23/h4-6,8,10-11,13,16,18,25-26H,3H2,1-2H3,(H2,17,19,20)/t8?,10-,11+,13-,16+/m0/s1. The zero-order chi connectivity index (χ0) is 20.0. The number of carbonyl (C=O) groups is 1. The van der Waals surface area contributed by atoms with Crippen LogP contribution in [0.25, 0.3) is 11.2 Å². The van der Waals surface area contributed by atoms with Gasteiger partial charge >= 0.3 is 0 Å². The third-order valence-electron chi connectivity index (χ3n) is 4.85. The molecule has 0 saturated carbocycles. The maximum Gasteiger partial charge on any atom is 0.169 e. The van der Waals surface area contributed by atoms with E-state index in [1.54, 1.807) is 0 Å². The Labute approximate surface area is 159 Å². The van der Waals surface area contributed by atoms with E-state index in [4.69, 9.17) is 15.2 Å². The number of aliphatic hydroxyl groups excluding tert-OH is 2. The number of aliphatic hydroxyl groups is 2. The van der Waals surface area contributed by atoms with Crippen LogP contribution in [-0.4, -0.2) is 86.1 Å². The summed E-state index contributed by atoms with van der Waals surface area (Å²) >= 11 is 0. The molecular formula is C16H21N7O5. The number of nitrogens with two attached hydrogens (primary N) is 1. The number of nitrogens with one attached hydrogen (secondary N) is 1. The summed E-state index contributed by atoms with van der Waals surface area (Å²) in [7, 11) is 3.64. The van der Waals surface area contributed by atoms with E-state index in [0.717, 1.165) is 0 Å². The molecule has 12 heteroatoms. The smallest absolute Gasteiger partial charge is 0.169 e. The van der Waals surface area contributed by atoms with Crippen LogP contribution in [0.1, 0.15) is 6.23 Å². The first-order valence-electron chi connectivity index (χ1n) is 8.63. The Bertz CT molecular complexity index is 929. The average molecular weight is 391 g/mol. The van der Waals surface area contributed by atoms with Crippen molar-refractivity contribution in [2.24, 2.45) is 0 Å². The number of aldehydes is 1. The van der Waals surface area contributed by atoms with Gasteiger partial charge in [-0.05, 0) is 14.1 Å². The summed E-state index contributed by atoms with van der Waals surface area (Å²) in [6, 6.07) is 0. The van der Waals surface area contributed by atoms with Gasteiger partial charge in [-0.2, -0.15) is 0 Å². The lowest BCUT2D eigenvalue weighted by Crippen LogP contribution is -2.47. The highest BCUT2D eigenvalue weighted by atomic mass is 16.6. The fourth-order valence-electron chi connectivity index (χ4n) is 3.31. The van der Waals surface area contributed by atoms with Crippen molar-refractivity contribution in [3.63, 3.8) is 0 Å². The molecule has 2 aromatic rings. The second-order valence-electron chi connectivity index (χ2n) is 6.82. The van der Waals surface area contributed by atoms with Crippen LogP contribution < -0.4 is 11.1 Å². The minimum Gasteiger partial charge on any atom is -0.472 e. The molecule has 2 aromatic heterocycles. The van der Waals surface area contributed by atoms with Gasteiger partial charge in [0.05, 0.1) is 12.9 Å². The first-order valence-corrected chi connectivity index (χ1v) is 8.63. The van der Waals surface area contributed by atoms with E-state index in [9.17, 15) is 15.0 Å². The highest BCUT2D eigenvalue weighted by Crippen LogP contribution is 2.36. The van der Waals surface area contributed by atoms with Crippen molar-refractivity contribution in [3.05, 3.63) is 24.1 Å². The number of likely N-dealkylation sites (N-methyl/N-ethyl adjacent to an activating group) is 1. The van der Waals surface area contributed by atoms with Crippen molar-refractivity contribution >= 4 is 23.3 Å². The number of hydrogen-bond acceptors (Lipinski definition) is 11. The maximum absolute atomic E-state index is 11.5. The number of hydrogen-bond donors (Lipinski definition) is 4. The Hall–Kier alpha value is -2.80. The molecule has 2 aliphatic heterocycles. The molecule has 2 aliphatic rings. The number of fused-ring (bicyclic) bond motifs is 1. The van der Waals surface area contributed by atoms with Crippen molar-refractivity contribution in [1.29, 1.82) is 0 Å². The molecule has 1 saturated heterocycles.